The lowest BCUT2D eigenvalue weighted by Crippen LogP contribution is -2.18. The van der Waals surface area contributed by atoms with Gasteiger partial charge in [-0.25, -0.2) is 4.39 Å². The lowest BCUT2D eigenvalue weighted by molar-refractivity contribution is 0.370. The van der Waals surface area contributed by atoms with Gasteiger partial charge in [0, 0.05) is 5.56 Å². The Hall–Kier alpha value is -1.09. The van der Waals surface area contributed by atoms with Crippen LogP contribution in [-0.2, 0) is 0 Å². The quantitative estimate of drug-likeness (QED) is 0.770. The number of hydrogen-bond donors (Lipinski definition) is 1. The van der Waals surface area contributed by atoms with Crippen molar-refractivity contribution >= 4 is 0 Å². The molecule has 13 heavy (non-hydrogen) atoms. The number of benzene rings is 1. The summed E-state index contributed by atoms with van der Waals surface area (Å²) in [5, 5.41) is 2.89. The van der Waals surface area contributed by atoms with Gasteiger partial charge in [0.1, 0.15) is 12.4 Å². The highest BCUT2D eigenvalue weighted by Gasteiger charge is 2.12. The highest BCUT2D eigenvalue weighted by molar-refractivity contribution is 5.35. The molecule has 1 aromatic rings. The molecule has 72 valence electrons. The highest BCUT2D eigenvalue weighted by Crippen LogP contribution is 2.24. The Morgan fingerprint density at radius 2 is 2.15 bits per heavy atom. The first-order chi connectivity index (χ1) is 6.33. The predicted molar refractivity (Wildman–Crippen MR) is 50.8 cm³/mol. The lowest BCUT2D eigenvalue weighted by atomic mass is 10.1. The van der Waals surface area contributed by atoms with Crippen LogP contribution in [0.1, 0.15) is 11.6 Å². The molecule has 0 radical (unpaired) electrons. The molecule has 3 heteroatoms. The summed E-state index contributed by atoms with van der Waals surface area (Å²) in [5.41, 5.74) is 0.856. The minimum Gasteiger partial charge on any atom is -0.496 e. The number of para-hydroxylation sites is 1. The van der Waals surface area contributed by atoms with Crippen molar-refractivity contribution in [3.8, 4) is 5.75 Å². The molecule has 0 aromatic heterocycles. The zero-order chi connectivity index (χ0) is 9.68. The van der Waals surface area contributed by atoms with Gasteiger partial charge in [-0.05, 0) is 13.1 Å². The van der Waals surface area contributed by atoms with Gasteiger partial charge >= 0.3 is 0 Å². The molecule has 0 heterocycles. The predicted octanol–water partition coefficient (Wildman–Crippen LogP) is 1.93. The van der Waals surface area contributed by atoms with Gasteiger partial charge < -0.3 is 10.1 Å². The summed E-state index contributed by atoms with van der Waals surface area (Å²) in [4.78, 5) is 0. The topological polar surface area (TPSA) is 21.3 Å². The number of nitrogens with one attached hydrogen (secondary N) is 1. The van der Waals surface area contributed by atoms with Crippen LogP contribution in [0.25, 0.3) is 0 Å². The Morgan fingerprint density at radius 1 is 1.46 bits per heavy atom. The van der Waals surface area contributed by atoms with Gasteiger partial charge in [-0.3, -0.25) is 0 Å². The Balaban J connectivity index is 2.96. The molecule has 0 spiro atoms. The summed E-state index contributed by atoms with van der Waals surface area (Å²) in [6.45, 7) is -0.434. The van der Waals surface area contributed by atoms with Crippen LogP contribution >= 0.6 is 0 Å². The van der Waals surface area contributed by atoms with E-state index in [-0.39, 0.29) is 6.04 Å². The fourth-order valence-electron chi connectivity index (χ4n) is 1.27. The summed E-state index contributed by atoms with van der Waals surface area (Å²) < 4.78 is 17.7. The highest BCUT2D eigenvalue weighted by atomic mass is 19.1. The first-order valence-corrected chi connectivity index (χ1v) is 4.19. The van der Waals surface area contributed by atoms with Crippen molar-refractivity contribution in [1.82, 2.24) is 5.32 Å². The van der Waals surface area contributed by atoms with Gasteiger partial charge in [-0.2, -0.15) is 0 Å². The van der Waals surface area contributed by atoms with Gasteiger partial charge in [0.2, 0.25) is 0 Å². The zero-order valence-corrected chi connectivity index (χ0v) is 7.88. The zero-order valence-electron chi connectivity index (χ0n) is 7.88. The minimum absolute atomic E-state index is 0.281. The number of rotatable bonds is 4. The van der Waals surface area contributed by atoms with Crippen LogP contribution in [0.3, 0.4) is 0 Å². The van der Waals surface area contributed by atoms with Gasteiger partial charge in [-0.15, -0.1) is 0 Å². The molecule has 2 nitrogen and oxygen atoms in total. The Bertz CT molecular complexity index is 261. The smallest absolute Gasteiger partial charge is 0.123 e. The minimum atomic E-state index is -0.434. The second kappa shape index (κ2) is 4.82. The van der Waals surface area contributed by atoms with Crippen molar-refractivity contribution in [3.05, 3.63) is 29.8 Å². The van der Waals surface area contributed by atoms with Gasteiger partial charge in [0.25, 0.3) is 0 Å². The maximum Gasteiger partial charge on any atom is 0.123 e. The van der Waals surface area contributed by atoms with Crippen molar-refractivity contribution in [2.24, 2.45) is 0 Å². The molecule has 0 fully saturated rings. The molecule has 0 bridgehead atoms. The van der Waals surface area contributed by atoms with Gasteiger partial charge in [0.05, 0.1) is 13.2 Å². The number of methoxy groups -OCH3 is 1. The molecule has 0 saturated carbocycles. The first-order valence-electron chi connectivity index (χ1n) is 4.19. The van der Waals surface area contributed by atoms with Crippen LogP contribution in [0, 0.1) is 0 Å². The van der Waals surface area contributed by atoms with E-state index in [2.05, 4.69) is 5.32 Å². The average molecular weight is 183 g/mol. The van der Waals surface area contributed by atoms with E-state index in [9.17, 15) is 4.39 Å². The SMILES string of the molecule is CNC(CF)c1ccccc1OC. The number of halogens is 1. The molecular formula is C10H14FNO. The fourth-order valence-corrected chi connectivity index (χ4v) is 1.27. The molecule has 0 aliphatic carbocycles. The second-order valence-corrected chi connectivity index (χ2v) is 2.74. The first kappa shape index (κ1) is 9.99. The largest absolute Gasteiger partial charge is 0.496 e. The Labute approximate surface area is 77.7 Å². The van der Waals surface area contributed by atoms with E-state index in [1.807, 2.05) is 24.3 Å². The van der Waals surface area contributed by atoms with Crippen LogP contribution in [0.5, 0.6) is 5.75 Å². The summed E-state index contributed by atoms with van der Waals surface area (Å²) in [7, 11) is 3.32. The lowest BCUT2D eigenvalue weighted by Gasteiger charge is -2.15. The average Bonchev–Trinajstić information content (AvgIpc) is 2.20. The van der Waals surface area contributed by atoms with Crippen LogP contribution in [0.2, 0.25) is 0 Å². The molecule has 1 N–H and O–H groups in total. The molecule has 0 aliphatic rings. The number of ether oxygens (including phenoxy) is 1. The Morgan fingerprint density at radius 3 is 2.69 bits per heavy atom. The second-order valence-electron chi connectivity index (χ2n) is 2.74. The monoisotopic (exact) mass is 183 g/mol. The maximum absolute atomic E-state index is 12.5. The van der Waals surface area contributed by atoms with Gasteiger partial charge in [0.15, 0.2) is 0 Å². The molecular weight excluding hydrogens is 169 g/mol. The standard InChI is InChI=1S/C10H14FNO/c1-12-9(7-11)8-5-3-4-6-10(8)13-2/h3-6,9,12H,7H2,1-2H3. The van der Waals surface area contributed by atoms with Crippen molar-refractivity contribution < 1.29 is 9.13 Å². The van der Waals surface area contributed by atoms with Crippen molar-refractivity contribution in [1.29, 1.82) is 0 Å². The molecule has 1 aromatic carbocycles. The third-order valence-corrected chi connectivity index (χ3v) is 2.02. The maximum atomic E-state index is 12.5. The van der Waals surface area contributed by atoms with Gasteiger partial charge in [-0.1, -0.05) is 18.2 Å². The van der Waals surface area contributed by atoms with Crippen LogP contribution in [0.15, 0.2) is 24.3 Å². The number of alkyl halides is 1. The normalized spacial score (nSPS) is 12.5. The van der Waals surface area contributed by atoms with E-state index in [1.165, 1.54) is 0 Å². The Kier molecular flexibility index (Phi) is 3.71. The van der Waals surface area contributed by atoms with Crippen LogP contribution < -0.4 is 10.1 Å². The van der Waals surface area contributed by atoms with Crippen molar-refractivity contribution in [2.45, 2.75) is 6.04 Å². The molecule has 1 atom stereocenters. The summed E-state index contributed by atoms with van der Waals surface area (Å²) in [6.07, 6.45) is 0. The molecule has 0 saturated heterocycles. The van der Waals surface area contributed by atoms with Crippen LogP contribution in [0.4, 0.5) is 4.39 Å². The fraction of sp³-hybridized carbons (Fsp3) is 0.400. The van der Waals surface area contributed by atoms with E-state index >= 15 is 0 Å². The van der Waals surface area contributed by atoms with Crippen LogP contribution in [-0.4, -0.2) is 20.8 Å². The van der Waals surface area contributed by atoms with Crippen molar-refractivity contribution in [2.75, 3.05) is 20.8 Å². The number of hydrogen-bond acceptors (Lipinski definition) is 2. The molecule has 0 amide bonds. The molecule has 1 unspecified atom stereocenters. The third kappa shape index (κ3) is 2.18. The van der Waals surface area contributed by atoms with E-state index in [4.69, 9.17) is 4.74 Å². The molecule has 0 aliphatic heterocycles. The van der Waals surface area contributed by atoms with E-state index < -0.39 is 6.67 Å². The third-order valence-electron chi connectivity index (χ3n) is 2.02. The van der Waals surface area contributed by atoms with Crippen molar-refractivity contribution in [3.63, 3.8) is 0 Å². The van der Waals surface area contributed by atoms with E-state index in [0.717, 1.165) is 11.3 Å². The summed E-state index contributed by atoms with van der Waals surface area (Å²) in [5.74, 6) is 0.722. The van der Waals surface area contributed by atoms with E-state index in [1.54, 1.807) is 14.2 Å². The summed E-state index contributed by atoms with van der Waals surface area (Å²) in [6, 6.07) is 7.15. The van der Waals surface area contributed by atoms with E-state index in [0.29, 0.717) is 0 Å². The summed E-state index contributed by atoms with van der Waals surface area (Å²) >= 11 is 0. The molecule has 1 rings (SSSR count).